The second-order valence-corrected chi connectivity index (χ2v) is 7.19. The van der Waals surface area contributed by atoms with Crippen LogP contribution in [-0.2, 0) is 16.0 Å². The number of morpholine rings is 1. The topological polar surface area (TPSA) is 96.4 Å². The van der Waals surface area contributed by atoms with E-state index in [4.69, 9.17) is 4.74 Å². The van der Waals surface area contributed by atoms with Gasteiger partial charge in [-0.15, -0.1) is 10.2 Å². The number of ether oxygens (including phenoxy) is 1. The predicted octanol–water partition coefficient (Wildman–Crippen LogP) is 2.20. The van der Waals surface area contributed by atoms with E-state index in [9.17, 15) is 9.59 Å². The Morgan fingerprint density at radius 1 is 1.12 bits per heavy atom. The van der Waals surface area contributed by atoms with Gasteiger partial charge in [0, 0.05) is 18.8 Å². The van der Waals surface area contributed by atoms with E-state index in [1.165, 1.54) is 11.3 Å². The molecule has 1 aliphatic rings. The summed E-state index contributed by atoms with van der Waals surface area (Å²) in [7, 11) is 0. The van der Waals surface area contributed by atoms with Gasteiger partial charge in [0.2, 0.25) is 11.0 Å². The summed E-state index contributed by atoms with van der Waals surface area (Å²) in [5.41, 5.74) is 2.85. The van der Waals surface area contributed by atoms with Crippen molar-refractivity contribution < 1.29 is 14.3 Å². The van der Waals surface area contributed by atoms with Crippen LogP contribution in [0.3, 0.4) is 0 Å². The maximum atomic E-state index is 12.2. The molecule has 0 radical (unpaired) electrons. The van der Waals surface area contributed by atoms with Crippen molar-refractivity contribution in [2.24, 2.45) is 0 Å². The largest absolute Gasteiger partial charge is 0.378 e. The van der Waals surface area contributed by atoms with Gasteiger partial charge in [0.05, 0.1) is 19.6 Å². The molecular weight excluding hydrogens is 354 g/mol. The molecule has 1 saturated heterocycles. The molecular formula is C17H21N5O3S. The van der Waals surface area contributed by atoms with Crippen molar-refractivity contribution in [1.82, 2.24) is 15.1 Å². The fourth-order valence-corrected chi connectivity index (χ4v) is 3.46. The minimum Gasteiger partial charge on any atom is -0.378 e. The second kappa shape index (κ2) is 8.24. The van der Waals surface area contributed by atoms with E-state index in [2.05, 4.69) is 20.8 Å². The third-order valence-electron chi connectivity index (χ3n) is 3.83. The van der Waals surface area contributed by atoms with E-state index in [1.807, 2.05) is 32.0 Å². The lowest BCUT2D eigenvalue weighted by atomic mass is 10.1. The normalized spacial score (nSPS) is 14.2. The number of amides is 3. The number of benzene rings is 1. The van der Waals surface area contributed by atoms with E-state index in [-0.39, 0.29) is 12.3 Å². The van der Waals surface area contributed by atoms with Crippen molar-refractivity contribution in [3.8, 4) is 0 Å². The predicted molar refractivity (Wildman–Crippen MR) is 99.6 cm³/mol. The number of hydrogen-bond donors (Lipinski definition) is 2. The van der Waals surface area contributed by atoms with Gasteiger partial charge in [-0.25, -0.2) is 4.79 Å². The molecule has 3 rings (SSSR count). The van der Waals surface area contributed by atoms with Crippen LogP contribution in [0.1, 0.15) is 16.1 Å². The first-order valence-corrected chi connectivity index (χ1v) is 9.15. The second-order valence-electron chi connectivity index (χ2n) is 6.13. The summed E-state index contributed by atoms with van der Waals surface area (Å²) >= 11 is 1.20. The Balaban J connectivity index is 1.54. The summed E-state index contributed by atoms with van der Waals surface area (Å²) in [5.74, 6) is -0.00399. The van der Waals surface area contributed by atoms with Crippen molar-refractivity contribution in [2.75, 3.05) is 36.9 Å². The number of carbonyl (C=O) groups is 2. The average Bonchev–Trinajstić information content (AvgIpc) is 3.01. The van der Waals surface area contributed by atoms with Crippen LogP contribution in [0.2, 0.25) is 0 Å². The summed E-state index contributed by atoms with van der Waals surface area (Å²) in [4.78, 5) is 26.1. The first-order chi connectivity index (χ1) is 12.5. The molecule has 1 fully saturated rings. The summed E-state index contributed by atoms with van der Waals surface area (Å²) in [5, 5.41) is 14.3. The molecule has 9 heteroatoms. The number of nitrogens with zero attached hydrogens (tertiary/aromatic N) is 3. The number of aromatic nitrogens is 2. The highest BCUT2D eigenvalue weighted by molar-refractivity contribution is 7.15. The van der Waals surface area contributed by atoms with Crippen LogP contribution in [0.25, 0.3) is 0 Å². The van der Waals surface area contributed by atoms with E-state index in [0.717, 1.165) is 11.1 Å². The van der Waals surface area contributed by atoms with Crippen LogP contribution >= 0.6 is 11.3 Å². The monoisotopic (exact) mass is 375 g/mol. The molecule has 0 spiro atoms. The third-order valence-corrected chi connectivity index (χ3v) is 4.67. The molecule has 0 bridgehead atoms. The lowest BCUT2D eigenvalue weighted by Crippen LogP contribution is -2.41. The van der Waals surface area contributed by atoms with Crippen molar-refractivity contribution in [1.29, 1.82) is 0 Å². The molecule has 1 aromatic heterocycles. The minimum absolute atomic E-state index is 0.00399. The number of aryl methyl sites for hydroxylation is 2. The molecule has 2 aromatic rings. The standard InChI is InChI=1S/C17H21N5O3S/c1-11-7-12(2)9-13(8-11)18-16(24)19-17-21-20-14(26-17)10-15(23)22-3-5-25-6-4-22/h7-9H,3-6,10H2,1-2H3,(H2,18,19,21,24). The van der Waals surface area contributed by atoms with Crippen molar-refractivity contribution in [3.63, 3.8) is 0 Å². The van der Waals surface area contributed by atoms with Crippen LogP contribution in [0.5, 0.6) is 0 Å². The van der Waals surface area contributed by atoms with Crippen LogP contribution in [0.4, 0.5) is 15.6 Å². The Morgan fingerprint density at radius 3 is 2.50 bits per heavy atom. The zero-order valence-electron chi connectivity index (χ0n) is 14.7. The zero-order chi connectivity index (χ0) is 18.5. The molecule has 138 valence electrons. The molecule has 0 unspecified atom stereocenters. The Bertz CT molecular complexity index is 781. The number of urea groups is 1. The highest BCUT2D eigenvalue weighted by Crippen LogP contribution is 2.18. The summed E-state index contributed by atoms with van der Waals surface area (Å²) in [6.45, 7) is 6.26. The highest BCUT2D eigenvalue weighted by atomic mass is 32.1. The van der Waals surface area contributed by atoms with Gasteiger partial charge in [-0.1, -0.05) is 17.4 Å². The third kappa shape index (κ3) is 4.99. The van der Waals surface area contributed by atoms with Crippen LogP contribution in [0.15, 0.2) is 18.2 Å². The molecule has 1 aromatic carbocycles. The smallest absolute Gasteiger partial charge is 0.325 e. The minimum atomic E-state index is -0.391. The van der Waals surface area contributed by atoms with Gasteiger partial charge in [0.15, 0.2) is 0 Å². The quantitative estimate of drug-likeness (QED) is 0.854. The highest BCUT2D eigenvalue weighted by Gasteiger charge is 2.19. The van der Waals surface area contributed by atoms with Crippen LogP contribution in [-0.4, -0.2) is 53.3 Å². The van der Waals surface area contributed by atoms with Gasteiger partial charge in [-0.2, -0.15) is 0 Å². The van der Waals surface area contributed by atoms with Gasteiger partial charge in [0.25, 0.3) is 0 Å². The van der Waals surface area contributed by atoms with Gasteiger partial charge in [-0.3, -0.25) is 10.1 Å². The molecule has 26 heavy (non-hydrogen) atoms. The maximum Gasteiger partial charge on any atom is 0.325 e. The summed E-state index contributed by atoms with van der Waals surface area (Å²) < 4.78 is 5.24. The van der Waals surface area contributed by atoms with E-state index in [1.54, 1.807) is 4.90 Å². The van der Waals surface area contributed by atoms with E-state index in [0.29, 0.717) is 42.1 Å². The fourth-order valence-electron chi connectivity index (χ4n) is 2.74. The first kappa shape index (κ1) is 18.3. The molecule has 0 aliphatic carbocycles. The molecule has 0 atom stereocenters. The number of hydrogen-bond acceptors (Lipinski definition) is 6. The Kier molecular flexibility index (Phi) is 5.79. The number of carbonyl (C=O) groups excluding carboxylic acids is 2. The molecule has 3 amide bonds. The lowest BCUT2D eigenvalue weighted by Gasteiger charge is -2.26. The van der Waals surface area contributed by atoms with E-state index < -0.39 is 6.03 Å². The van der Waals surface area contributed by atoms with Crippen LogP contribution < -0.4 is 10.6 Å². The molecule has 8 nitrogen and oxygen atoms in total. The van der Waals surface area contributed by atoms with Gasteiger partial charge in [-0.05, 0) is 37.1 Å². The Hall–Kier alpha value is -2.52. The number of nitrogens with one attached hydrogen (secondary N) is 2. The number of anilines is 2. The van der Waals surface area contributed by atoms with Gasteiger partial charge >= 0.3 is 6.03 Å². The van der Waals surface area contributed by atoms with E-state index >= 15 is 0 Å². The molecule has 0 saturated carbocycles. The molecule has 1 aliphatic heterocycles. The lowest BCUT2D eigenvalue weighted by molar-refractivity contribution is -0.134. The molecule has 2 heterocycles. The fraction of sp³-hybridized carbons (Fsp3) is 0.412. The summed E-state index contributed by atoms with van der Waals surface area (Å²) in [6, 6.07) is 5.42. The zero-order valence-corrected chi connectivity index (χ0v) is 15.6. The van der Waals surface area contributed by atoms with Crippen molar-refractivity contribution in [2.45, 2.75) is 20.3 Å². The van der Waals surface area contributed by atoms with Crippen molar-refractivity contribution >= 4 is 34.1 Å². The maximum absolute atomic E-state index is 12.2. The summed E-state index contributed by atoms with van der Waals surface area (Å²) in [6.07, 6.45) is 0.179. The van der Waals surface area contributed by atoms with Gasteiger partial charge < -0.3 is 15.0 Å². The SMILES string of the molecule is Cc1cc(C)cc(NC(=O)Nc2nnc(CC(=O)N3CCOCC3)s2)c1. The van der Waals surface area contributed by atoms with Gasteiger partial charge in [0.1, 0.15) is 5.01 Å². The Morgan fingerprint density at radius 2 is 1.81 bits per heavy atom. The molecule has 2 N–H and O–H groups in total. The Labute approximate surface area is 155 Å². The van der Waals surface area contributed by atoms with Crippen molar-refractivity contribution in [3.05, 3.63) is 34.3 Å². The van der Waals surface area contributed by atoms with Crippen LogP contribution in [0, 0.1) is 13.8 Å². The first-order valence-electron chi connectivity index (χ1n) is 8.34. The average molecular weight is 375 g/mol. The number of rotatable bonds is 4.